The van der Waals surface area contributed by atoms with Crippen molar-refractivity contribution in [3.63, 3.8) is 0 Å². The van der Waals surface area contributed by atoms with Gasteiger partial charge in [0.05, 0.1) is 6.04 Å². The summed E-state index contributed by atoms with van der Waals surface area (Å²) in [5.41, 5.74) is 4.20. The van der Waals surface area contributed by atoms with Crippen LogP contribution in [0.4, 0.5) is 0 Å². The number of rotatable bonds is 2. The van der Waals surface area contributed by atoms with Gasteiger partial charge in [-0.1, -0.05) is 38.5 Å². The molecule has 1 unspecified atom stereocenters. The van der Waals surface area contributed by atoms with E-state index in [2.05, 4.69) is 45.1 Å². The standard InChI is InChI=1S/C16H23NO/c1-10-7-12-14(17-11-5-6-11)9-18-15(12)13(8-10)16(2,3)4/h7-8,11,14,17H,5-6,9H2,1-4H3. The maximum atomic E-state index is 5.99. The molecule has 1 fully saturated rings. The SMILES string of the molecule is Cc1cc2c(c(C(C)(C)C)c1)OCC2NC1CC1. The van der Waals surface area contributed by atoms with E-state index in [1.807, 2.05) is 0 Å². The molecule has 1 aliphatic heterocycles. The number of hydrogen-bond donors (Lipinski definition) is 1. The summed E-state index contributed by atoms with van der Waals surface area (Å²) >= 11 is 0. The van der Waals surface area contributed by atoms with Crippen LogP contribution in [0.15, 0.2) is 12.1 Å². The minimum absolute atomic E-state index is 0.143. The number of fused-ring (bicyclic) bond motifs is 1. The van der Waals surface area contributed by atoms with Gasteiger partial charge in [0.15, 0.2) is 0 Å². The zero-order chi connectivity index (χ0) is 12.9. The van der Waals surface area contributed by atoms with Gasteiger partial charge in [-0.05, 0) is 25.2 Å². The van der Waals surface area contributed by atoms with E-state index >= 15 is 0 Å². The van der Waals surface area contributed by atoms with Gasteiger partial charge < -0.3 is 10.1 Å². The van der Waals surface area contributed by atoms with Crippen molar-refractivity contribution in [1.82, 2.24) is 5.32 Å². The molecule has 2 aliphatic rings. The zero-order valence-electron chi connectivity index (χ0n) is 11.8. The molecule has 1 atom stereocenters. The fourth-order valence-corrected chi connectivity index (χ4v) is 2.71. The van der Waals surface area contributed by atoms with Crippen molar-refractivity contribution >= 4 is 0 Å². The average Bonchev–Trinajstić information content (AvgIpc) is 2.99. The van der Waals surface area contributed by atoms with E-state index < -0.39 is 0 Å². The summed E-state index contributed by atoms with van der Waals surface area (Å²) in [6.07, 6.45) is 2.65. The Morgan fingerprint density at radius 1 is 1.22 bits per heavy atom. The van der Waals surface area contributed by atoms with Gasteiger partial charge >= 0.3 is 0 Å². The van der Waals surface area contributed by atoms with E-state index in [-0.39, 0.29) is 5.41 Å². The van der Waals surface area contributed by atoms with E-state index in [1.165, 1.54) is 29.5 Å². The molecule has 1 saturated carbocycles. The maximum absolute atomic E-state index is 5.99. The molecular formula is C16H23NO. The summed E-state index contributed by atoms with van der Waals surface area (Å²) in [7, 11) is 0. The molecule has 2 nitrogen and oxygen atoms in total. The van der Waals surface area contributed by atoms with Crippen molar-refractivity contribution in [1.29, 1.82) is 0 Å². The Morgan fingerprint density at radius 3 is 2.56 bits per heavy atom. The lowest BCUT2D eigenvalue weighted by molar-refractivity contribution is 0.304. The second-order valence-electron chi connectivity index (χ2n) is 6.79. The third-order valence-corrected chi connectivity index (χ3v) is 3.85. The normalized spacial score (nSPS) is 22.8. The van der Waals surface area contributed by atoms with Gasteiger partial charge in [0.2, 0.25) is 0 Å². The predicted octanol–water partition coefficient (Wildman–Crippen LogP) is 3.48. The molecule has 3 rings (SSSR count). The van der Waals surface area contributed by atoms with Crippen LogP contribution >= 0.6 is 0 Å². The first-order valence-electron chi connectivity index (χ1n) is 6.99. The summed E-state index contributed by atoms with van der Waals surface area (Å²) < 4.78 is 5.99. The van der Waals surface area contributed by atoms with Crippen LogP contribution < -0.4 is 10.1 Å². The Morgan fingerprint density at radius 2 is 1.94 bits per heavy atom. The molecule has 1 heterocycles. The van der Waals surface area contributed by atoms with Gasteiger partial charge in [-0.15, -0.1) is 0 Å². The monoisotopic (exact) mass is 245 g/mol. The molecule has 1 aliphatic carbocycles. The molecule has 1 aromatic rings. The van der Waals surface area contributed by atoms with Crippen molar-refractivity contribution in [2.45, 2.75) is 58.0 Å². The number of ether oxygens (including phenoxy) is 1. The average molecular weight is 245 g/mol. The molecule has 1 aromatic carbocycles. The Kier molecular flexibility index (Phi) is 2.67. The van der Waals surface area contributed by atoms with Gasteiger partial charge in [-0.2, -0.15) is 0 Å². The predicted molar refractivity (Wildman–Crippen MR) is 74.3 cm³/mol. The van der Waals surface area contributed by atoms with Crippen molar-refractivity contribution in [2.24, 2.45) is 0 Å². The fraction of sp³-hybridized carbons (Fsp3) is 0.625. The molecule has 0 radical (unpaired) electrons. The van der Waals surface area contributed by atoms with E-state index in [0.717, 1.165) is 18.4 Å². The summed E-state index contributed by atoms with van der Waals surface area (Å²) in [5, 5.41) is 3.69. The highest BCUT2D eigenvalue weighted by Gasteiger charge is 2.34. The molecule has 0 aromatic heterocycles. The van der Waals surface area contributed by atoms with Gasteiger partial charge in [-0.3, -0.25) is 0 Å². The number of hydrogen-bond acceptors (Lipinski definition) is 2. The third kappa shape index (κ3) is 2.14. The fourth-order valence-electron chi connectivity index (χ4n) is 2.71. The minimum atomic E-state index is 0.143. The van der Waals surface area contributed by atoms with Crippen LogP contribution in [0, 0.1) is 6.92 Å². The van der Waals surface area contributed by atoms with Crippen molar-refractivity contribution < 1.29 is 4.74 Å². The molecule has 2 heteroatoms. The number of benzene rings is 1. The van der Waals surface area contributed by atoms with Crippen LogP contribution in [0.3, 0.4) is 0 Å². The third-order valence-electron chi connectivity index (χ3n) is 3.85. The first-order chi connectivity index (χ1) is 8.45. The smallest absolute Gasteiger partial charge is 0.128 e. The zero-order valence-corrected chi connectivity index (χ0v) is 11.8. The molecular weight excluding hydrogens is 222 g/mol. The lowest BCUT2D eigenvalue weighted by atomic mass is 9.84. The molecule has 0 bridgehead atoms. The van der Waals surface area contributed by atoms with E-state index in [0.29, 0.717) is 6.04 Å². The summed E-state index contributed by atoms with van der Waals surface area (Å²) in [6.45, 7) is 9.74. The maximum Gasteiger partial charge on any atom is 0.128 e. The van der Waals surface area contributed by atoms with Gasteiger partial charge in [0.25, 0.3) is 0 Å². The van der Waals surface area contributed by atoms with Crippen LogP contribution in [0.5, 0.6) is 5.75 Å². The van der Waals surface area contributed by atoms with Crippen molar-refractivity contribution in [2.75, 3.05) is 6.61 Å². The van der Waals surface area contributed by atoms with Crippen molar-refractivity contribution in [3.05, 3.63) is 28.8 Å². The Balaban J connectivity index is 1.99. The largest absolute Gasteiger partial charge is 0.491 e. The summed E-state index contributed by atoms with van der Waals surface area (Å²) in [5.74, 6) is 1.13. The molecule has 1 N–H and O–H groups in total. The highest BCUT2D eigenvalue weighted by atomic mass is 16.5. The second-order valence-corrected chi connectivity index (χ2v) is 6.79. The minimum Gasteiger partial charge on any atom is -0.491 e. The van der Waals surface area contributed by atoms with Crippen LogP contribution in [0.1, 0.15) is 56.3 Å². The lowest BCUT2D eigenvalue weighted by Gasteiger charge is -2.22. The summed E-state index contributed by atoms with van der Waals surface area (Å²) in [6, 6.07) is 5.69. The lowest BCUT2D eigenvalue weighted by Crippen LogP contribution is -2.24. The topological polar surface area (TPSA) is 21.3 Å². The van der Waals surface area contributed by atoms with Crippen LogP contribution in [0.25, 0.3) is 0 Å². The number of nitrogens with one attached hydrogen (secondary N) is 1. The molecule has 0 saturated heterocycles. The Labute approximate surface area is 110 Å². The van der Waals surface area contributed by atoms with E-state index in [4.69, 9.17) is 4.74 Å². The van der Waals surface area contributed by atoms with Crippen LogP contribution in [-0.2, 0) is 5.41 Å². The highest BCUT2D eigenvalue weighted by Crippen LogP contribution is 2.42. The second kappa shape index (κ2) is 3.99. The molecule has 18 heavy (non-hydrogen) atoms. The van der Waals surface area contributed by atoms with Gasteiger partial charge in [-0.25, -0.2) is 0 Å². The first kappa shape index (κ1) is 12.0. The van der Waals surface area contributed by atoms with Crippen LogP contribution in [0.2, 0.25) is 0 Å². The van der Waals surface area contributed by atoms with Gasteiger partial charge in [0.1, 0.15) is 12.4 Å². The molecule has 0 amide bonds. The highest BCUT2D eigenvalue weighted by molar-refractivity contribution is 5.51. The van der Waals surface area contributed by atoms with E-state index in [9.17, 15) is 0 Å². The van der Waals surface area contributed by atoms with Crippen molar-refractivity contribution in [3.8, 4) is 5.75 Å². The Bertz CT molecular complexity index is 469. The van der Waals surface area contributed by atoms with E-state index in [1.54, 1.807) is 0 Å². The van der Waals surface area contributed by atoms with Crippen LogP contribution in [-0.4, -0.2) is 12.6 Å². The Hall–Kier alpha value is -1.02. The quantitative estimate of drug-likeness (QED) is 0.861. The number of aryl methyl sites for hydroxylation is 1. The molecule has 98 valence electrons. The van der Waals surface area contributed by atoms with Gasteiger partial charge in [0, 0.05) is 17.2 Å². The molecule has 0 spiro atoms. The summed E-state index contributed by atoms with van der Waals surface area (Å²) in [4.78, 5) is 0. The first-order valence-corrected chi connectivity index (χ1v) is 6.99.